The zero-order valence-electron chi connectivity index (χ0n) is 25.0. The molecule has 1 saturated heterocycles. The number of carbonyl (C=O) groups is 2. The van der Waals surface area contributed by atoms with Crippen LogP contribution < -0.4 is 5.56 Å². The summed E-state index contributed by atoms with van der Waals surface area (Å²) in [5.74, 6) is 1.40. The molecule has 1 fully saturated rings. The third-order valence-corrected chi connectivity index (χ3v) is 8.10. The van der Waals surface area contributed by atoms with E-state index in [2.05, 4.69) is 27.5 Å². The summed E-state index contributed by atoms with van der Waals surface area (Å²) in [5.41, 5.74) is 5.09. The molecular formula is C32H38N8O3. The van der Waals surface area contributed by atoms with E-state index >= 15 is 0 Å². The molecule has 11 heteroatoms. The van der Waals surface area contributed by atoms with E-state index < -0.39 is 0 Å². The highest BCUT2D eigenvalue weighted by Crippen LogP contribution is 2.29. The molecule has 2 aromatic carbocycles. The minimum Gasteiger partial charge on any atom is -0.339 e. The predicted molar refractivity (Wildman–Crippen MR) is 163 cm³/mol. The fourth-order valence-electron chi connectivity index (χ4n) is 5.58. The van der Waals surface area contributed by atoms with Gasteiger partial charge in [0.1, 0.15) is 5.82 Å². The summed E-state index contributed by atoms with van der Waals surface area (Å²) in [5, 5.41) is 14.3. The second kappa shape index (κ2) is 13.5. The third kappa shape index (κ3) is 6.87. The summed E-state index contributed by atoms with van der Waals surface area (Å²) in [6.45, 7) is 8.06. The number of amides is 2. The van der Waals surface area contributed by atoms with Crippen LogP contribution in [0, 0.1) is 6.92 Å². The lowest BCUT2D eigenvalue weighted by Gasteiger charge is -2.34. The molecule has 224 valence electrons. The van der Waals surface area contributed by atoms with E-state index in [1.165, 1.54) is 0 Å². The molecule has 43 heavy (non-hydrogen) atoms. The number of hydrogen-bond donors (Lipinski definition) is 1. The third-order valence-electron chi connectivity index (χ3n) is 8.10. The van der Waals surface area contributed by atoms with Gasteiger partial charge in [-0.15, -0.1) is 5.10 Å². The molecule has 2 amide bonds. The van der Waals surface area contributed by atoms with Gasteiger partial charge in [0.05, 0.1) is 6.54 Å². The molecule has 5 rings (SSSR count). The molecule has 1 N–H and O–H groups in total. The monoisotopic (exact) mass is 582 g/mol. The molecule has 11 nitrogen and oxygen atoms in total. The Morgan fingerprint density at radius 3 is 2.28 bits per heavy atom. The summed E-state index contributed by atoms with van der Waals surface area (Å²) in [7, 11) is 0. The standard InChI is InChI=1S/C32H38N8O3/c1-4-5-10-29-33-22(2)26(15-16-30(42)39-19-17-38(18-20-39)23(3)41)32(43)40(29)21-24-11-13-25(14-12-24)27-8-6-7-9-28(27)31-34-36-37-35-31/h6-9,11-14H,4-5,10,15-21H2,1-3H3,(H,34,35,36,37). The molecule has 2 aromatic heterocycles. The lowest BCUT2D eigenvalue weighted by molar-refractivity contribution is -0.138. The first-order chi connectivity index (χ1) is 20.9. The Kier molecular flexibility index (Phi) is 9.38. The van der Waals surface area contributed by atoms with Gasteiger partial charge in [0.25, 0.3) is 5.56 Å². The van der Waals surface area contributed by atoms with Crippen molar-refractivity contribution in [1.82, 2.24) is 40.0 Å². The highest BCUT2D eigenvalue weighted by Gasteiger charge is 2.23. The van der Waals surface area contributed by atoms with Crippen LogP contribution in [0.2, 0.25) is 0 Å². The SMILES string of the molecule is CCCCc1nc(C)c(CCC(=O)N2CCN(C(C)=O)CC2)c(=O)n1Cc1ccc(-c2ccccc2-c2nnn[nH]2)cc1. The summed E-state index contributed by atoms with van der Waals surface area (Å²) in [6, 6.07) is 16.1. The van der Waals surface area contributed by atoms with Crippen molar-refractivity contribution in [2.45, 2.75) is 59.4 Å². The predicted octanol–water partition coefficient (Wildman–Crippen LogP) is 3.41. The number of carbonyl (C=O) groups excluding carboxylic acids is 2. The molecule has 0 saturated carbocycles. The number of nitrogens with one attached hydrogen (secondary N) is 1. The highest BCUT2D eigenvalue weighted by molar-refractivity contribution is 5.80. The highest BCUT2D eigenvalue weighted by atomic mass is 16.2. The molecule has 0 aliphatic carbocycles. The molecule has 4 aromatic rings. The number of piperazine rings is 1. The molecule has 0 radical (unpaired) electrons. The number of benzene rings is 2. The van der Waals surface area contributed by atoms with Gasteiger partial charge in [-0.3, -0.25) is 19.0 Å². The van der Waals surface area contributed by atoms with Gasteiger partial charge in [0, 0.05) is 62.8 Å². The van der Waals surface area contributed by atoms with Crippen LogP contribution in [0.4, 0.5) is 0 Å². The maximum atomic E-state index is 13.9. The molecule has 0 spiro atoms. The molecule has 0 atom stereocenters. The van der Waals surface area contributed by atoms with Crippen molar-refractivity contribution in [2.24, 2.45) is 0 Å². The number of nitrogens with zero attached hydrogens (tertiary/aromatic N) is 7. The van der Waals surface area contributed by atoms with Gasteiger partial charge in [0.2, 0.25) is 11.8 Å². The first-order valence-electron chi connectivity index (χ1n) is 14.9. The van der Waals surface area contributed by atoms with Crippen molar-refractivity contribution >= 4 is 11.8 Å². The van der Waals surface area contributed by atoms with Gasteiger partial charge in [-0.25, -0.2) is 10.1 Å². The minimum absolute atomic E-state index is 0.000549. The molecule has 0 bridgehead atoms. The van der Waals surface area contributed by atoms with E-state index in [-0.39, 0.29) is 23.8 Å². The lowest BCUT2D eigenvalue weighted by atomic mass is 9.98. The summed E-state index contributed by atoms with van der Waals surface area (Å²) >= 11 is 0. The first-order valence-corrected chi connectivity index (χ1v) is 14.9. The van der Waals surface area contributed by atoms with Crippen LogP contribution >= 0.6 is 0 Å². The molecule has 1 aliphatic heterocycles. The molecule has 1 aliphatic rings. The Morgan fingerprint density at radius 1 is 0.930 bits per heavy atom. The average molecular weight is 583 g/mol. The topological polar surface area (TPSA) is 130 Å². The largest absolute Gasteiger partial charge is 0.339 e. The first kappa shape index (κ1) is 29.8. The van der Waals surface area contributed by atoms with Crippen LogP contribution in [0.25, 0.3) is 22.5 Å². The number of aromatic amines is 1. The Bertz CT molecular complexity index is 1620. The van der Waals surface area contributed by atoms with E-state index in [0.29, 0.717) is 62.6 Å². The number of aromatic nitrogens is 6. The fourth-order valence-corrected chi connectivity index (χ4v) is 5.58. The van der Waals surface area contributed by atoms with Crippen molar-refractivity contribution in [3.63, 3.8) is 0 Å². The average Bonchev–Trinajstić information content (AvgIpc) is 3.57. The van der Waals surface area contributed by atoms with E-state index in [1.54, 1.807) is 21.3 Å². The number of aryl methyl sites for hydroxylation is 2. The van der Waals surface area contributed by atoms with E-state index in [0.717, 1.165) is 40.9 Å². The van der Waals surface area contributed by atoms with E-state index in [1.807, 2.05) is 55.5 Å². The molecular weight excluding hydrogens is 544 g/mol. The van der Waals surface area contributed by atoms with Crippen molar-refractivity contribution < 1.29 is 9.59 Å². The van der Waals surface area contributed by atoms with Crippen LogP contribution in [0.3, 0.4) is 0 Å². The Hall–Kier alpha value is -4.67. The van der Waals surface area contributed by atoms with Gasteiger partial charge >= 0.3 is 0 Å². The van der Waals surface area contributed by atoms with Crippen molar-refractivity contribution in [3.8, 4) is 22.5 Å². The Labute approximate surface area is 250 Å². The van der Waals surface area contributed by atoms with Gasteiger partial charge in [0.15, 0.2) is 5.82 Å². The summed E-state index contributed by atoms with van der Waals surface area (Å²) in [6.07, 6.45) is 3.21. The van der Waals surface area contributed by atoms with Crippen LogP contribution in [-0.2, 0) is 29.0 Å². The molecule has 3 heterocycles. The quantitative estimate of drug-likeness (QED) is 0.303. The second-order valence-electron chi connectivity index (χ2n) is 11.0. The number of hydrogen-bond acceptors (Lipinski definition) is 7. The smallest absolute Gasteiger partial charge is 0.257 e. The maximum absolute atomic E-state index is 13.9. The van der Waals surface area contributed by atoms with Gasteiger partial charge in [-0.05, 0) is 46.9 Å². The van der Waals surface area contributed by atoms with Gasteiger partial charge < -0.3 is 9.80 Å². The summed E-state index contributed by atoms with van der Waals surface area (Å²) < 4.78 is 1.78. The zero-order chi connectivity index (χ0) is 30.3. The minimum atomic E-state index is -0.0833. The molecule has 0 unspecified atom stereocenters. The van der Waals surface area contributed by atoms with Crippen LogP contribution in [0.5, 0.6) is 0 Å². The number of tetrazole rings is 1. The van der Waals surface area contributed by atoms with Gasteiger partial charge in [-0.1, -0.05) is 61.9 Å². The summed E-state index contributed by atoms with van der Waals surface area (Å²) in [4.78, 5) is 46.9. The van der Waals surface area contributed by atoms with Crippen LogP contribution in [0.1, 0.15) is 55.8 Å². The normalized spacial score (nSPS) is 13.4. The van der Waals surface area contributed by atoms with E-state index in [4.69, 9.17) is 4.98 Å². The van der Waals surface area contributed by atoms with Gasteiger partial charge in [-0.2, -0.15) is 0 Å². The maximum Gasteiger partial charge on any atom is 0.257 e. The van der Waals surface area contributed by atoms with Crippen molar-refractivity contribution in [1.29, 1.82) is 0 Å². The van der Waals surface area contributed by atoms with E-state index in [9.17, 15) is 14.4 Å². The Morgan fingerprint density at radius 2 is 1.63 bits per heavy atom. The lowest BCUT2D eigenvalue weighted by Crippen LogP contribution is -2.50. The fraction of sp³-hybridized carbons (Fsp3) is 0.406. The van der Waals surface area contributed by atoms with Crippen LogP contribution in [-0.4, -0.2) is 78.0 Å². The van der Waals surface area contributed by atoms with Crippen molar-refractivity contribution in [3.05, 3.63) is 81.5 Å². The second-order valence-corrected chi connectivity index (χ2v) is 11.0. The number of rotatable bonds is 10. The zero-order valence-corrected chi connectivity index (χ0v) is 25.0. The van der Waals surface area contributed by atoms with Crippen molar-refractivity contribution in [2.75, 3.05) is 26.2 Å². The van der Waals surface area contributed by atoms with Crippen LogP contribution in [0.15, 0.2) is 53.3 Å². The number of unbranched alkanes of at least 4 members (excludes halogenated alkanes) is 1. The number of H-pyrrole nitrogens is 1. The Balaban J connectivity index is 1.35.